The summed E-state index contributed by atoms with van der Waals surface area (Å²) in [5.41, 5.74) is 1.90. The van der Waals surface area contributed by atoms with Crippen LogP contribution in [0.25, 0.3) is 0 Å². The Morgan fingerprint density at radius 1 is 1.10 bits per heavy atom. The van der Waals surface area contributed by atoms with Crippen molar-refractivity contribution in [2.75, 3.05) is 45.6 Å². The Morgan fingerprint density at radius 3 is 2.42 bits per heavy atom. The summed E-state index contributed by atoms with van der Waals surface area (Å²) in [6, 6.07) is 11.1. The molecule has 1 aromatic heterocycles. The molecule has 0 spiro atoms. The molecule has 2 aromatic rings. The number of likely N-dealkylation sites (N-methyl/N-ethyl adjacent to an activating group) is 1. The van der Waals surface area contributed by atoms with Crippen molar-refractivity contribution >= 4 is 17.6 Å². The monoisotopic (exact) mass is 423 g/mol. The van der Waals surface area contributed by atoms with Crippen molar-refractivity contribution in [1.29, 1.82) is 0 Å². The van der Waals surface area contributed by atoms with Gasteiger partial charge in [-0.05, 0) is 56.9 Å². The first-order valence-electron chi connectivity index (χ1n) is 10.6. The third-order valence-electron chi connectivity index (χ3n) is 6.02. The molecule has 2 saturated heterocycles. The van der Waals surface area contributed by atoms with E-state index < -0.39 is 0 Å². The Labute approximate surface area is 182 Å². The third kappa shape index (κ3) is 4.80. The van der Waals surface area contributed by atoms with E-state index in [1.165, 1.54) is 5.56 Å². The predicted octanol–water partition coefficient (Wildman–Crippen LogP) is 2.25. The van der Waals surface area contributed by atoms with Crippen LogP contribution in [0.2, 0.25) is 0 Å². The van der Waals surface area contributed by atoms with Crippen molar-refractivity contribution in [3.05, 3.63) is 54.4 Å². The fourth-order valence-electron chi connectivity index (χ4n) is 3.66. The second kappa shape index (κ2) is 8.93. The average Bonchev–Trinajstić information content (AvgIpc) is 2.70. The van der Waals surface area contributed by atoms with Crippen LogP contribution >= 0.6 is 0 Å². The molecule has 2 aliphatic rings. The van der Waals surface area contributed by atoms with Gasteiger partial charge in [0.15, 0.2) is 0 Å². The highest BCUT2D eigenvalue weighted by Crippen LogP contribution is 2.27. The van der Waals surface area contributed by atoms with Crippen LogP contribution in [0.3, 0.4) is 0 Å². The summed E-state index contributed by atoms with van der Waals surface area (Å²) in [7, 11) is 3.80. The van der Waals surface area contributed by atoms with Gasteiger partial charge in [-0.15, -0.1) is 0 Å². The maximum atomic E-state index is 12.4. The van der Waals surface area contributed by atoms with E-state index in [-0.39, 0.29) is 24.1 Å². The van der Waals surface area contributed by atoms with Gasteiger partial charge in [-0.2, -0.15) is 0 Å². The van der Waals surface area contributed by atoms with Gasteiger partial charge >= 0.3 is 6.03 Å². The van der Waals surface area contributed by atoms with Crippen molar-refractivity contribution in [3.63, 3.8) is 0 Å². The highest BCUT2D eigenvalue weighted by Gasteiger charge is 2.35. The highest BCUT2D eigenvalue weighted by atomic mass is 16.5. The molecule has 3 heterocycles. The summed E-state index contributed by atoms with van der Waals surface area (Å²) in [5.74, 6) is 1.21. The van der Waals surface area contributed by atoms with Gasteiger partial charge in [0.1, 0.15) is 11.9 Å². The highest BCUT2D eigenvalue weighted by molar-refractivity contribution is 5.90. The van der Waals surface area contributed by atoms with E-state index in [4.69, 9.17) is 4.74 Å². The Kier molecular flexibility index (Phi) is 6.08. The van der Waals surface area contributed by atoms with Crippen LogP contribution in [0.15, 0.2) is 48.8 Å². The van der Waals surface area contributed by atoms with Crippen LogP contribution < -0.4 is 10.1 Å². The van der Waals surface area contributed by atoms with E-state index in [1.807, 2.05) is 73.4 Å². The fraction of sp³-hybridized carbons (Fsp3) is 0.435. The summed E-state index contributed by atoms with van der Waals surface area (Å²) in [4.78, 5) is 34.3. The van der Waals surface area contributed by atoms with Gasteiger partial charge < -0.3 is 19.9 Å². The molecule has 0 radical (unpaired) electrons. The van der Waals surface area contributed by atoms with E-state index >= 15 is 0 Å². The molecule has 2 fully saturated rings. The lowest BCUT2D eigenvalue weighted by Gasteiger charge is -2.41. The molecule has 0 saturated carbocycles. The summed E-state index contributed by atoms with van der Waals surface area (Å²) >= 11 is 0. The number of likely N-dealkylation sites (tertiary alicyclic amines) is 2. The molecule has 1 unspecified atom stereocenters. The largest absolute Gasteiger partial charge is 0.487 e. The summed E-state index contributed by atoms with van der Waals surface area (Å²) < 4.78 is 5.94. The second-order valence-corrected chi connectivity index (χ2v) is 8.47. The van der Waals surface area contributed by atoms with Crippen molar-refractivity contribution in [2.24, 2.45) is 0 Å². The van der Waals surface area contributed by atoms with E-state index in [1.54, 1.807) is 11.1 Å². The lowest BCUT2D eigenvalue weighted by atomic mass is 9.93. The molecule has 1 atom stereocenters. The van der Waals surface area contributed by atoms with E-state index in [0.29, 0.717) is 32.1 Å². The normalized spacial score (nSPS) is 17.7. The van der Waals surface area contributed by atoms with Gasteiger partial charge in [-0.3, -0.25) is 14.7 Å². The van der Waals surface area contributed by atoms with Crippen molar-refractivity contribution in [2.45, 2.75) is 25.0 Å². The average molecular weight is 424 g/mol. The topological polar surface area (TPSA) is 78.0 Å². The number of benzene rings is 1. The number of amides is 3. The molecule has 2 aliphatic heterocycles. The van der Waals surface area contributed by atoms with E-state index in [9.17, 15) is 9.59 Å². The van der Waals surface area contributed by atoms with Crippen molar-refractivity contribution in [1.82, 2.24) is 19.7 Å². The number of aromatic nitrogens is 1. The van der Waals surface area contributed by atoms with Crippen LogP contribution in [-0.2, 0) is 4.79 Å². The van der Waals surface area contributed by atoms with Crippen LogP contribution in [-0.4, -0.2) is 84.0 Å². The first-order chi connectivity index (χ1) is 14.9. The molecule has 8 nitrogen and oxygen atoms in total. The molecule has 3 amide bonds. The number of pyridine rings is 1. The Morgan fingerprint density at radius 2 is 1.81 bits per heavy atom. The van der Waals surface area contributed by atoms with E-state index in [0.717, 1.165) is 11.4 Å². The molecule has 164 valence electrons. The lowest BCUT2D eigenvalue weighted by molar-refractivity contribution is -0.144. The van der Waals surface area contributed by atoms with Crippen LogP contribution in [0.5, 0.6) is 5.75 Å². The van der Waals surface area contributed by atoms with Gasteiger partial charge in [-0.1, -0.05) is 6.07 Å². The zero-order chi connectivity index (χ0) is 22.0. The smallest absolute Gasteiger partial charge is 0.321 e. The molecule has 0 bridgehead atoms. The number of anilines is 1. The first kappa shape index (κ1) is 21.1. The minimum atomic E-state index is -0.130. The maximum absolute atomic E-state index is 12.4. The molecule has 1 N–H and O–H groups in total. The van der Waals surface area contributed by atoms with Crippen LogP contribution in [0.1, 0.15) is 18.4 Å². The minimum Gasteiger partial charge on any atom is -0.487 e. The zero-order valence-corrected chi connectivity index (χ0v) is 18.2. The number of rotatable bonds is 6. The van der Waals surface area contributed by atoms with Gasteiger partial charge in [0.2, 0.25) is 5.91 Å². The Balaban J connectivity index is 1.20. The van der Waals surface area contributed by atoms with Gasteiger partial charge in [0, 0.05) is 37.1 Å². The van der Waals surface area contributed by atoms with Gasteiger partial charge in [0.05, 0.1) is 19.1 Å². The minimum absolute atomic E-state index is 0.00394. The Hall–Kier alpha value is -3.13. The van der Waals surface area contributed by atoms with Crippen molar-refractivity contribution in [3.8, 4) is 5.75 Å². The van der Waals surface area contributed by atoms with E-state index in [2.05, 4.69) is 10.3 Å². The molecular weight excluding hydrogens is 394 g/mol. The predicted molar refractivity (Wildman–Crippen MR) is 118 cm³/mol. The standard InChI is InChI=1S/C23H29N5O3/c1-16(26(2)3)22(29)27-14-21(15-27)31-20-8-6-19(7-9-20)25-23(30)28-12-18(13-28)17-5-4-10-24-11-17/h4-11,16,18,21H,12-15H2,1-3H3,(H,25,30). The number of carbonyl (C=O) groups is 2. The lowest BCUT2D eigenvalue weighted by Crippen LogP contribution is -2.59. The molecule has 1 aromatic carbocycles. The van der Waals surface area contributed by atoms with Gasteiger partial charge in [0.25, 0.3) is 0 Å². The SMILES string of the molecule is CC(C(=O)N1CC(Oc2ccc(NC(=O)N3CC(c4cccnc4)C3)cc2)C1)N(C)C. The molecule has 4 rings (SSSR count). The third-order valence-corrected chi connectivity index (χ3v) is 6.02. The number of nitrogens with one attached hydrogen (secondary N) is 1. The number of nitrogens with zero attached hydrogens (tertiary/aromatic N) is 4. The number of hydrogen-bond donors (Lipinski definition) is 1. The second-order valence-electron chi connectivity index (χ2n) is 8.47. The summed E-state index contributed by atoms with van der Waals surface area (Å²) in [6.45, 7) is 4.50. The molecule has 0 aliphatic carbocycles. The molecule has 31 heavy (non-hydrogen) atoms. The van der Waals surface area contributed by atoms with Crippen LogP contribution in [0.4, 0.5) is 10.5 Å². The molecule has 8 heteroatoms. The maximum Gasteiger partial charge on any atom is 0.321 e. The Bertz CT molecular complexity index is 907. The van der Waals surface area contributed by atoms with Gasteiger partial charge in [-0.25, -0.2) is 4.79 Å². The number of hydrogen-bond acceptors (Lipinski definition) is 5. The summed E-state index contributed by atoms with van der Waals surface area (Å²) in [6.07, 6.45) is 3.62. The number of carbonyl (C=O) groups excluding carboxylic acids is 2. The molecular formula is C23H29N5O3. The fourth-order valence-corrected chi connectivity index (χ4v) is 3.66. The quantitative estimate of drug-likeness (QED) is 0.771. The number of ether oxygens (including phenoxy) is 1. The first-order valence-corrected chi connectivity index (χ1v) is 10.6. The zero-order valence-electron chi connectivity index (χ0n) is 18.2. The number of urea groups is 1. The van der Waals surface area contributed by atoms with Crippen LogP contribution in [0, 0.1) is 0 Å². The summed E-state index contributed by atoms with van der Waals surface area (Å²) in [5, 5.41) is 2.93. The van der Waals surface area contributed by atoms with Crippen molar-refractivity contribution < 1.29 is 14.3 Å².